The van der Waals surface area contributed by atoms with E-state index in [4.69, 9.17) is 9.47 Å². The van der Waals surface area contributed by atoms with Crippen LogP contribution in [0.3, 0.4) is 0 Å². The van der Waals surface area contributed by atoms with Crippen molar-refractivity contribution in [2.24, 2.45) is 0 Å². The van der Waals surface area contributed by atoms with Gasteiger partial charge in [0.2, 0.25) is 10.0 Å². The molecule has 1 atom stereocenters. The van der Waals surface area contributed by atoms with Crippen molar-refractivity contribution >= 4 is 21.6 Å². The number of ether oxygens (including phenoxy) is 2. The molecule has 0 fully saturated rings. The number of benzene rings is 2. The standard InChI is InChI=1S/C21H26N2O5S/c1-4-19-21(24)23(13-15-7-6-8-18(11-15)27-3)14-16-12-17(9-10-20(16)28-19)22-29(25,26)5-2/h6-12,19,22H,4-5,13-14H2,1-3H3. The van der Waals surface area contributed by atoms with Gasteiger partial charge in [0.05, 0.1) is 12.9 Å². The zero-order chi connectivity index (χ0) is 21.0. The summed E-state index contributed by atoms with van der Waals surface area (Å²) in [7, 11) is -1.79. The monoisotopic (exact) mass is 418 g/mol. The van der Waals surface area contributed by atoms with E-state index in [0.717, 1.165) is 16.9 Å². The summed E-state index contributed by atoms with van der Waals surface area (Å²) in [6.45, 7) is 4.21. The van der Waals surface area contributed by atoms with Crippen LogP contribution in [-0.4, -0.2) is 38.2 Å². The molecule has 2 aromatic carbocycles. The SMILES string of the molecule is CCC1Oc2ccc(NS(=O)(=O)CC)cc2CN(Cc2cccc(OC)c2)C1=O. The summed E-state index contributed by atoms with van der Waals surface area (Å²) in [5.74, 6) is 1.21. The average molecular weight is 419 g/mol. The molecule has 2 aromatic rings. The molecular weight excluding hydrogens is 392 g/mol. The van der Waals surface area contributed by atoms with Crippen LogP contribution in [0.25, 0.3) is 0 Å². The minimum absolute atomic E-state index is 0.0149. The second-order valence-electron chi connectivity index (χ2n) is 6.89. The molecule has 7 nitrogen and oxygen atoms in total. The number of carbonyl (C=O) groups is 1. The molecule has 0 aromatic heterocycles. The fraction of sp³-hybridized carbons (Fsp3) is 0.381. The van der Waals surface area contributed by atoms with E-state index in [0.29, 0.717) is 30.9 Å². The summed E-state index contributed by atoms with van der Waals surface area (Å²) in [5, 5.41) is 0. The molecule has 1 aliphatic rings. The van der Waals surface area contributed by atoms with Gasteiger partial charge in [-0.2, -0.15) is 0 Å². The number of nitrogens with one attached hydrogen (secondary N) is 1. The quantitative estimate of drug-likeness (QED) is 0.747. The van der Waals surface area contributed by atoms with E-state index < -0.39 is 16.1 Å². The van der Waals surface area contributed by atoms with Gasteiger partial charge in [-0.15, -0.1) is 0 Å². The first-order valence-electron chi connectivity index (χ1n) is 9.57. The van der Waals surface area contributed by atoms with Gasteiger partial charge in [0, 0.05) is 24.3 Å². The second kappa shape index (κ2) is 8.73. The predicted octanol–water partition coefficient (Wildman–Crippen LogP) is 3.16. The van der Waals surface area contributed by atoms with Crippen LogP contribution in [-0.2, 0) is 27.9 Å². The van der Waals surface area contributed by atoms with Gasteiger partial charge in [-0.1, -0.05) is 19.1 Å². The van der Waals surface area contributed by atoms with Crippen LogP contribution in [0.1, 0.15) is 31.4 Å². The molecule has 0 saturated carbocycles. The van der Waals surface area contributed by atoms with Gasteiger partial charge in [0.1, 0.15) is 11.5 Å². The number of methoxy groups -OCH3 is 1. The Kier molecular flexibility index (Phi) is 6.32. The average Bonchev–Trinajstić information content (AvgIpc) is 2.84. The van der Waals surface area contributed by atoms with Crippen molar-refractivity contribution in [2.45, 2.75) is 39.5 Å². The molecule has 0 bridgehead atoms. The summed E-state index contributed by atoms with van der Waals surface area (Å²) < 4.78 is 37.6. The topological polar surface area (TPSA) is 84.9 Å². The molecule has 29 heavy (non-hydrogen) atoms. The lowest BCUT2D eigenvalue weighted by atomic mass is 10.1. The summed E-state index contributed by atoms with van der Waals surface area (Å²) >= 11 is 0. The van der Waals surface area contributed by atoms with Gasteiger partial charge in [-0.25, -0.2) is 8.42 Å². The maximum Gasteiger partial charge on any atom is 0.264 e. The lowest BCUT2D eigenvalue weighted by Gasteiger charge is -2.23. The van der Waals surface area contributed by atoms with E-state index in [1.807, 2.05) is 31.2 Å². The van der Waals surface area contributed by atoms with E-state index in [1.165, 1.54) is 0 Å². The van der Waals surface area contributed by atoms with E-state index >= 15 is 0 Å². The third-order valence-electron chi connectivity index (χ3n) is 4.81. The van der Waals surface area contributed by atoms with Gasteiger partial charge in [0.25, 0.3) is 5.91 Å². The number of anilines is 1. The Morgan fingerprint density at radius 2 is 2.00 bits per heavy atom. The van der Waals surface area contributed by atoms with Crippen LogP contribution in [0.15, 0.2) is 42.5 Å². The highest BCUT2D eigenvalue weighted by atomic mass is 32.2. The molecule has 0 aliphatic carbocycles. The number of hydrogen-bond donors (Lipinski definition) is 1. The van der Waals surface area contributed by atoms with Crippen molar-refractivity contribution in [3.8, 4) is 11.5 Å². The zero-order valence-corrected chi connectivity index (χ0v) is 17.7. The number of fused-ring (bicyclic) bond motifs is 1. The first kappa shape index (κ1) is 21.0. The molecule has 1 N–H and O–H groups in total. The van der Waals surface area contributed by atoms with Crippen LogP contribution in [0.5, 0.6) is 11.5 Å². The Morgan fingerprint density at radius 1 is 1.21 bits per heavy atom. The van der Waals surface area contributed by atoms with Crippen LogP contribution in [0.2, 0.25) is 0 Å². The van der Waals surface area contributed by atoms with Gasteiger partial charge in [-0.05, 0) is 49.2 Å². The largest absolute Gasteiger partial charge is 0.497 e. The van der Waals surface area contributed by atoms with E-state index in [-0.39, 0.29) is 11.7 Å². The lowest BCUT2D eigenvalue weighted by Crippen LogP contribution is -2.38. The molecule has 1 amide bonds. The number of amides is 1. The highest BCUT2D eigenvalue weighted by Crippen LogP contribution is 2.30. The van der Waals surface area contributed by atoms with Gasteiger partial charge < -0.3 is 14.4 Å². The fourth-order valence-electron chi connectivity index (χ4n) is 3.21. The molecule has 0 radical (unpaired) electrons. The van der Waals surface area contributed by atoms with Gasteiger partial charge >= 0.3 is 0 Å². The molecule has 0 spiro atoms. The predicted molar refractivity (Wildman–Crippen MR) is 111 cm³/mol. The van der Waals surface area contributed by atoms with Crippen molar-refractivity contribution in [1.82, 2.24) is 4.90 Å². The summed E-state index contributed by atoms with van der Waals surface area (Å²) in [6, 6.07) is 12.7. The maximum absolute atomic E-state index is 13.0. The minimum Gasteiger partial charge on any atom is -0.497 e. The Balaban J connectivity index is 1.91. The third kappa shape index (κ3) is 5.00. The van der Waals surface area contributed by atoms with E-state index in [2.05, 4.69) is 4.72 Å². The summed E-state index contributed by atoms with van der Waals surface area (Å²) in [6.07, 6.45) is -0.0445. The fourth-order valence-corrected chi connectivity index (χ4v) is 3.84. The Labute approximate surface area is 171 Å². The first-order chi connectivity index (χ1) is 13.8. The molecule has 1 unspecified atom stereocenters. The molecule has 0 saturated heterocycles. The first-order valence-corrected chi connectivity index (χ1v) is 11.2. The Hall–Kier alpha value is -2.74. The van der Waals surface area contributed by atoms with Crippen LogP contribution < -0.4 is 14.2 Å². The molecule has 1 aliphatic heterocycles. The van der Waals surface area contributed by atoms with Gasteiger partial charge in [-0.3, -0.25) is 9.52 Å². The van der Waals surface area contributed by atoms with Crippen LogP contribution >= 0.6 is 0 Å². The third-order valence-corrected chi connectivity index (χ3v) is 6.12. The van der Waals surface area contributed by atoms with Crippen LogP contribution in [0.4, 0.5) is 5.69 Å². The molecule has 3 rings (SSSR count). The highest BCUT2D eigenvalue weighted by molar-refractivity contribution is 7.92. The van der Waals surface area contributed by atoms with Crippen molar-refractivity contribution < 1.29 is 22.7 Å². The normalized spacial score (nSPS) is 16.6. The number of hydrogen-bond acceptors (Lipinski definition) is 5. The summed E-state index contributed by atoms with van der Waals surface area (Å²) in [5.41, 5.74) is 2.16. The maximum atomic E-state index is 13.0. The number of carbonyl (C=O) groups excluding carboxylic acids is 1. The number of sulfonamides is 1. The second-order valence-corrected chi connectivity index (χ2v) is 8.90. The van der Waals surface area contributed by atoms with Crippen molar-refractivity contribution in [2.75, 3.05) is 17.6 Å². The zero-order valence-electron chi connectivity index (χ0n) is 16.8. The highest BCUT2D eigenvalue weighted by Gasteiger charge is 2.30. The van der Waals surface area contributed by atoms with Crippen LogP contribution in [0, 0.1) is 0 Å². The summed E-state index contributed by atoms with van der Waals surface area (Å²) in [4.78, 5) is 14.8. The molecule has 8 heteroatoms. The molecular formula is C21H26N2O5S. The molecule has 156 valence electrons. The smallest absolute Gasteiger partial charge is 0.264 e. The van der Waals surface area contributed by atoms with E-state index in [9.17, 15) is 13.2 Å². The number of rotatable bonds is 7. The van der Waals surface area contributed by atoms with Crippen molar-refractivity contribution in [3.05, 3.63) is 53.6 Å². The van der Waals surface area contributed by atoms with Crippen molar-refractivity contribution in [3.63, 3.8) is 0 Å². The molecule has 1 heterocycles. The van der Waals surface area contributed by atoms with Gasteiger partial charge in [0.15, 0.2) is 6.10 Å². The Bertz CT molecular complexity index is 990. The van der Waals surface area contributed by atoms with Crippen molar-refractivity contribution in [1.29, 1.82) is 0 Å². The lowest BCUT2D eigenvalue weighted by molar-refractivity contribution is -0.139. The van der Waals surface area contributed by atoms with E-state index in [1.54, 1.807) is 37.1 Å². The Morgan fingerprint density at radius 3 is 2.69 bits per heavy atom. The number of nitrogens with zero attached hydrogens (tertiary/aromatic N) is 1. The minimum atomic E-state index is -3.39.